The maximum absolute atomic E-state index is 10.3. The van der Waals surface area contributed by atoms with Gasteiger partial charge in [0.15, 0.2) is 5.96 Å². The van der Waals surface area contributed by atoms with E-state index in [9.17, 15) is 5.11 Å². The minimum Gasteiger partial charge on any atom is -0.391 e. The van der Waals surface area contributed by atoms with E-state index in [2.05, 4.69) is 52.4 Å². The second-order valence-corrected chi connectivity index (χ2v) is 6.85. The number of piperazine rings is 1. The molecular formula is C22H30N4O. The number of hydrogen-bond donors (Lipinski definition) is 2. The smallest absolute Gasteiger partial charge is 0.194 e. The largest absolute Gasteiger partial charge is 0.391 e. The Bertz CT molecular complexity index is 697. The average Bonchev–Trinajstić information content (AvgIpc) is 2.73. The molecule has 0 amide bonds. The molecule has 1 heterocycles. The number of benzene rings is 2. The number of nitrogens with one attached hydrogen (secondary N) is 1. The van der Waals surface area contributed by atoms with Gasteiger partial charge in [-0.25, -0.2) is 0 Å². The number of anilines is 1. The summed E-state index contributed by atoms with van der Waals surface area (Å²) >= 11 is 0. The molecule has 2 aromatic carbocycles. The molecule has 0 spiro atoms. The second-order valence-electron chi connectivity index (χ2n) is 6.85. The van der Waals surface area contributed by atoms with Gasteiger partial charge in [0.25, 0.3) is 0 Å². The molecule has 1 aliphatic heterocycles. The van der Waals surface area contributed by atoms with E-state index in [0.29, 0.717) is 13.0 Å². The van der Waals surface area contributed by atoms with Crippen LogP contribution in [0, 0.1) is 0 Å². The van der Waals surface area contributed by atoms with E-state index in [1.807, 2.05) is 30.3 Å². The van der Waals surface area contributed by atoms with Gasteiger partial charge in [0.2, 0.25) is 0 Å². The van der Waals surface area contributed by atoms with E-state index >= 15 is 0 Å². The van der Waals surface area contributed by atoms with E-state index in [4.69, 9.17) is 4.99 Å². The van der Waals surface area contributed by atoms with Crippen LogP contribution in [0.4, 0.5) is 5.69 Å². The highest BCUT2D eigenvalue weighted by Crippen LogP contribution is 2.15. The normalized spacial score (nSPS) is 16.3. The summed E-state index contributed by atoms with van der Waals surface area (Å²) < 4.78 is 0. The molecule has 3 rings (SSSR count). The Kier molecular flexibility index (Phi) is 7.11. The molecule has 0 radical (unpaired) electrons. The Morgan fingerprint density at radius 1 is 1.00 bits per heavy atom. The van der Waals surface area contributed by atoms with Gasteiger partial charge in [0, 0.05) is 44.8 Å². The fraction of sp³-hybridized carbons (Fsp3) is 0.409. The van der Waals surface area contributed by atoms with Crippen LogP contribution in [0.5, 0.6) is 0 Å². The highest BCUT2D eigenvalue weighted by molar-refractivity contribution is 5.80. The lowest BCUT2D eigenvalue weighted by Gasteiger charge is -2.37. The molecule has 1 atom stereocenters. The molecule has 144 valence electrons. The van der Waals surface area contributed by atoms with Crippen molar-refractivity contribution >= 4 is 11.6 Å². The third-order valence-corrected chi connectivity index (χ3v) is 4.80. The van der Waals surface area contributed by atoms with Crippen molar-refractivity contribution in [3.05, 3.63) is 66.2 Å². The standard InChI is InChI=1S/C22H30N4O/c1-2-23-22(24-18-21(27)17-19-9-5-3-6-10-19)26-15-13-25(14-16-26)20-11-7-4-8-12-20/h3-12,21,27H,2,13-18H2,1H3,(H,23,24). The Hall–Kier alpha value is -2.53. The van der Waals surface area contributed by atoms with Crippen molar-refractivity contribution in [3.63, 3.8) is 0 Å². The zero-order valence-corrected chi connectivity index (χ0v) is 16.1. The molecular weight excluding hydrogens is 336 g/mol. The second kappa shape index (κ2) is 9.97. The summed E-state index contributed by atoms with van der Waals surface area (Å²) in [7, 11) is 0. The van der Waals surface area contributed by atoms with Crippen LogP contribution in [0.2, 0.25) is 0 Å². The zero-order chi connectivity index (χ0) is 18.9. The quantitative estimate of drug-likeness (QED) is 0.609. The molecule has 2 N–H and O–H groups in total. The van der Waals surface area contributed by atoms with Crippen LogP contribution in [0.1, 0.15) is 12.5 Å². The van der Waals surface area contributed by atoms with Crippen molar-refractivity contribution in [3.8, 4) is 0 Å². The van der Waals surface area contributed by atoms with Gasteiger partial charge in [-0.1, -0.05) is 48.5 Å². The summed E-state index contributed by atoms with van der Waals surface area (Å²) in [5.41, 5.74) is 2.42. The lowest BCUT2D eigenvalue weighted by atomic mass is 10.1. The van der Waals surface area contributed by atoms with E-state index < -0.39 is 6.10 Å². The third-order valence-electron chi connectivity index (χ3n) is 4.80. The Morgan fingerprint density at radius 2 is 1.63 bits per heavy atom. The van der Waals surface area contributed by atoms with Gasteiger partial charge in [0.1, 0.15) is 0 Å². The van der Waals surface area contributed by atoms with E-state index in [1.54, 1.807) is 0 Å². The third kappa shape index (κ3) is 5.73. The summed E-state index contributed by atoms with van der Waals surface area (Å²) in [5.74, 6) is 0.900. The van der Waals surface area contributed by atoms with Gasteiger partial charge in [-0.05, 0) is 24.6 Å². The number of aliphatic hydroxyl groups is 1. The summed E-state index contributed by atoms with van der Waals surface area (Å²) in [6.07, 6.45) is 0.164. The highest BCUT2D eigenvalue weighted by atomic mass is 16.3. The molecule has 27 heavy (non-hydrogen) atoms. The minimum absolute atomic E-state index is 0.413. The molecule has 1 unspecified atom stereocenters. The van der Waals surface area contributed by atoms with Gasteiger partial charge < -0.3 is 20.2 Å². The van der Waals surface area contributed by atoms with Gasteiger partial charge in [0.05, 0.1) is 12.6 Å². The van der Waals surface area contributed by atoms with Crippen molar-refractivity contribution in [2.24, 2.45) is 4.99 Å². The number of aliphatic hydroxyl groups excluding tert-OH is 1. The molecule has 1 fully saturated rings. The first-order valence-electron chi connectivity index (χ1n) is 9.81. The zero-order valence-electron chi connectivity index (χ0n) is 16.1. The minimum atomic E-state index is -0.466. The summed E-state index contributed by atoms with van der Waals surface area (Å²) in [5, 5.41) is 13.7. The van der Waals surface area contributed by atoms with E-state index in [1.165, 1.54) is 5.69 Å². The molecule has 0 aromatic heterocycles. The molecule has 5 nitrogen and oxygen atoms in total. The Morgan fingerprint density at radius 3 is 2.26 bits per heavy atom. The number of para-hydroxylation sites is 1. The Labute approximate surface area is 162 Å². The van der Waals surface area contributed by atoms with Crippen molar-refractivity contribution in [2.75, 3.05) is 44.2 Å². The average molecular weight is 367 g/mol. The maximum atomic E-state index is 10.3. The van der Waals surface area contributed by atoms with Crippen molar-refractivity contribution in [1.82, 2.24) is 10.2 Å². The van der Waals surface area contributed by atoms with Crippen molar-refractivity contribution in [2.45, 2.75) is 19.4 Å². The first kappa shape index (κ1) is 19.2. The first-order chi connectivity index (χ1) is 13.3. The van der Waals surface area contributed by atoms with Gasteiger partial charge >= 0.3 is 0 Å². The van der Waals surface area contributed by atoms with Gasteiger partial charge in [-0.2, -0.15) is 0 Å². The fourth-order valence-electron chi connectivity index (χ4n) is 3.38. The Balaban J connectivity index is 1.54. The van der Waals surface area contributed by atoms with Crippen LogP contribution >= 0.6 is 0 Å². The lowest BCUT2D eigenvalue weighted by Crippen LogP contribution is -2.52. The van der Waals surface area contributed by atoms with Crippen LogP contribution in [-0.4, -0.2) is 61.3 Å². The molecule has 0 aliphatic carbocycles. The topological polar surface area (TPSA) is 51.1 Å². The van der Waals surface area contributed by atoms with Gasteiger partial charge in [-0.3, -0.25) is 4.99 Å². The molecule has 2 aromatic rings. The molecule has 0 saturated carbocycles. The summed E-state index contributed by atoms with van der Waals surface area (Å²) in [6, 6.07) is 20.6. The summed E-state index contributed by atoms with van der Waals surface area (Å²) in [4.78, 5) is 9.39. The predicted octanol–water partition coefficient (Wildman–Crippen LogP) is 2.38. The van der Waals surface area contributed by atoms with E-state index in [-0.39, 0.29) is 0 Å². The van der Waals surface area contributed by atoms with Crippen molar-refractivity contribution in [1.29, 1.82) is 0 Å². The number of hydrogen-bond acceptors (Lipinski definition) is 3. The lowest BCUT2D eigenvalue weighted by molar-refractivity contribution is 0.183. The predicted molar refractivity (Wildman–Crippen MR) is 112 cm³/mol. The first-order valence-corrected chi connectivity index (χ1v) is 9.81. The highest BCUT2D eigenvalue weighted by Gasteiger charge is 2.20. The van der Waals surface area contributed by atoms with Crippen LogP contribution in [0.3, 0.4) is 0 Å². The maximum Gasteiger partial charge on any atom is 0.194 e. The van der Waals surface area contributed by atoms with Crippen LogP contribution in [0.25, 0.3) is 0 Å². The van der Waals surface area contributed by atoms with Crippen molar-refractivity contribution < 1.29 is 5.11 Å². The van der Waals surface area contributed by atoms with E-state index in [0.717, 1.165) is 44.2 Å². The summed E-state index contributed by atoms with van der Waals surface area (Å²) in [6.45, 7) is 7.12. The number of nitrogens with zero attached hydrogens (tertiary/aromatic N) is 3. The number of rotatable bonds is 6. The molecule has 5 heteroatoms. The van der Waals surface area contributed by atoms with Crippen LogP contribution < -0.4 is 10.2 Å². The molecule has 1 aliphatic rings. The molecule has 1 saturated heterocycles. The van der Waals surface area contributed by atoms with Crippen LogP contribution in [-0.2, 0) is 6.42 Å². The number of aliphatic imine (C=N–C) groups is 1. The monoisotopic (exact) mass is 366 g/mol. The SMILES string of the molecule is CCNC(=NCC(O)Cc1ccccc1)N1CCN(c2ccccc2)CC1. The number of guanidine groups is 1. The van der Waals surface area contributed by atoms with Gasteiger partial charge in [-0.15, -0.1) is 0 Å². The van der Waals surface area contributed by atoms with Crippen LogP contribution in [0.15, 0.2) is 65.7 Å². The fourth-order valence-corrected chi connectivity index (χ4v) is 3.38. The molecule has 0 bridgehead atoms.